The van der Waals surface area contributed by atoms with Crippen molar-refractivity contribution in [1.29, 1.82) is 0 Å². The number of nitrogens with two attached hydrogens (primary N) is 1. The minimum Gasteiger partial charge on any atom is -0.384 e. The van der Waals surface area contributed by atoms with Gasteiger partial charge in [-0.05, 0) is 46.5 Å². The van der Waals surface area contributed by atoms with Crippen LogP contribution in [-0.2, 0) is 0 Å². The molecule has 0 unspecified atom stereocenters. The largest absolute Gasteiger partial charge is 0.384 e. The quantitative estimate of drug-likeness (QED) is 0.918. The van der Waals surface area contributed by atoms with Gasteiger partial charge in [-0.1, -0.05) is 19.9 Å². The Hall–Kier alpha value is -1.29. The first-order valence-electron chi connectivity index (χ1n) is 5.61. The van der Waals surface area contributed by atoms with Gasteiger partial charge in [-0.15, -0.1) is 0 Å². The molecule has 4 heteroatoms. The van der Waals surface area contributed by atoms with Crippen LogP contribution in [0.4, 0.5) is 5.82 Å². The van der Waals surface area contributed by atoms with Gasteiger partial charge in [0.05, 0.1) is 11.4 Å². The topological polar surface area (TPSA) is 43.8 Å². The van der Waals surface area contributed by atoms with E-state index in [-0.39, 0.29) is 0 Å². The summed E-state index contributed by atoms with van der Waals surface area (Å²) in [4.78, 5) is 0. The van der Waals surface area contributed by atoms with Crippen molar-refractivity contribution < 1.29 is 0 Å². The maximum atomic E-state index is 6.00. The molecule has 0 radical (unpaired) electrons. The third-order valence-electron chi connectivity index (χ3n) is 2.68. The summed E-state index contributed by atoms with van der Waals surface area (Å²) in [6.07, 6.45) is 0. The lowest BCUT2D eigenvalue weighted by atomic mass is 10.1. The van der Waals surface area contributed by atoms with E-state index in [0.717, 1.165) is 15.9 Å². The van der Waals surface area contributed by atoms with E-state index in [1.54, 1.807) is 4.68 Å². The minimum atomic E-state index is 0.378. The van der Waals surface area contributed by atoms with Gasteiger partial charge in [-0.2, -0.15) is 5.10 Å². The van der Waals surface area contributed by atoms with Crippen molar-refractivity contribution in [3.05, 3.63) is 40.0 Å². The molecule has 3 nitrogen and oxygen atoms in total. The molecular formula is C13H16BrN3. The molecule has 2 rings (SSSR count). The predicted octanol–water partition coefficient (Wildman–Crippen LogP) is 3.65. The number of nitrogen functional groups attached to an aromatic ring is 1. The number of halogens is 1. The lowest BCUT2D eigenvalue weighted by Gasteiger charge is -2.07. The number of benzene rings is 1. The zero-order valence-corrected chi connectivity index (χ0v) is 11.8. The van der Waals surface area contributed by atoms with Crippen LogP contribution in [0.3, 0.4) is 0 Å². The molecule has 0 saturated carbocycles. The first-order chi connectivity index (χ1) is 7.99. The van der Waals surface area contributed by atoms with Crippen LogP contribution in [0, 0.1) is 6.92 Å². The SMILES string of the molecule is Cc1ccc(-n2nc(C(C)C)cc2N)c(Br)c1. The number of anilines is 1. The monoisotopic (exact) mass is 293 g/mol. The molecule has 0 amide bonds. The average Bonchev–Trinajstić information content (AvgIpc) is 2.61. The van der Waals surface area contributed by atoms with Gasteiger partial charge >= 0.3 is 0 Å². The first kappa shape index (κ1) is 12.2. The fourth-order valence-electron chi connectivity index (χ4n) is 1.67. The summed E-state index contributed by atoms with van der Waals surface area (Å²) in [6.45, 7) is 6.27. The van der Waals surface area contributed by atoms with Crippen molar-refractivity contribution in [1.82, 2.24) is 9.78 Å². The van der Waals surface area contributed by atoms with Crippen LogP contribution >= 0.6 is 15.9 Å². The molecule has 0 saturated heterocycles. The van der Waals surface area contributed by atoms with Crippen molar-refractivity contribution in [2.45, 2.75) is 26.7 Å². The molecule has 2 aromatic rings. The Kier molecular flexibility index (Phi) is 3.24. The Morgan fingerprint density at radius 1 is 1.29 bits per heavy atom. The van der Waals surface area contributed by atoms with E-state index in [1.807, 2.05) is 12.1 Å². The van der Waals surface area contributed by atoms with Crippen LogP contribution in [0.15, 0.2) is 28.7 Å². The van der Waals surface area contributed by atoms with Crippen molar-refractivity contribution in [3.63, 3.8) is 0 Å². The lowest BCUT2D eigenvalue weighted by Crippen LogP contribution is -2.03. The van der Waals surface area contributed by atoms with Gasteiger partial charge in [0.1, 0.15) is 5.82 Å². The molecule has 0 bridgehead atoms. The Labute approximate surface area is 110 Å². The van der Waals surface area contributed by atoms with Gasteiger partial charge in [0.2, 0.25) is 0 Å². The molecular weight excluding hydrogens is 278 g/mol. The van der Waals surface area contributed by atoms with Gasteiger partial charge in [0, 0.05) is 10.5 Å². The molecule has 90 valence electrons. The second kappa shape index (κ2) is 4.53. The van der Waals surface area contributed by atoms with Crippen molar-refractivity contribution in [2.24, 2.45) is 0 Å². The van der Waals surface area contributed by atoms with Gasteiger partial charge in [0.15, 0.2) is 0 Å². The second-order valence-corrected chi connectivity index (χ2v) is 5.37. The van der Waals surface area contributed by atoms with Crippen molar-refractivity contribution >= 4 is 21.7 Å². The van der Waals surface area contributed by atoms with E-state index in [0.29, 0.717) is 11.7 Å². The maximum absolute atomic E-state index is 6.00. The highest BCUT2D eigenvalue weighted by Gasteiger charge is 2.11. The third kappa shape index (κ3) is 2.36. The zero-order valence-electron chi connectivity index (χ0n) is 10.2. The Bertz CT molecular complexity index is 544. The van der Waals surface area contributed by atoms with E-state index in [9.17, 15) is 0 Å². The number of rotatable bonds is 2. The van der Waals surface area contributed by atoms with Crippen LogP contribution in [0.2, 0.25) is 0 Å². The van der Waals surface area contributed by atoms with E-state index < -0.39 is 0 Å². The van der Waals surface area contributed by atoms with E-state index in [4.69, 9.17) is 5.73 Å². The molecule has 17 heavy (non-hydrogen) atoms. The summed E-state index contributed by atoms with van der Waals surface area (Å²) in [5.74, 6) is 1.04. The fraction of sp³-hybridized carbons (Fsp3) is 0.308. The number of hydrogen-bond acceptors (Lipinski definition) is 2. The Morgan fingerprint density at radius 2 is 2.00 bits per heavy atom. The highest BCUT2D eigenvalue weighted by molar-refractivity contribution is 9.10. The van der Waals surface area contributed by atoms with Crippen LogP contribution in [0.5, 0.6) is 0 Å². The highest BCUT2D eigenvalue weighted by Crippen LogP contribution is 2.26. The van der Waals surface area contributed by atoms with Crippen LogP contribution < -0.4 is 5.73 Å². The molecule has 1 heterocycles. The molecule has 0 aliphatic carbocycles. The van der Waals surface area contributed by atoms with Crippen LogP contribution in [-0.4, -0.2) is 9.78 Å². The molecule has 2 N–H and O–H groups in total. The zero-order chi connectivity index (χ0) is 12.6. The third-order valence-corrected chi connectivity index (χ3v) is 3.31. The standard InChI is InChI=1S/C13H16BrN3/c1-8(2)11-7-13(15)17(16-11)12-5-4-9(3)6-10(12)14/h4-8H,15H2,1-3H3. The summed E-state index contributed by atoms with van der Waals surface area (Å²) in [7, 11) is 0. The van der Waals surface area contributed by atoms with Gasteiger partial charge < -0.3 is 5.73 Å². The Balaban J connectivity index is 2.52. The normalized spacial score (nSPS) is 11.1. The molecule has 0 atom stereocenters. The molecule has 0 aliphatic heterocycles. The number of aryl methyl sites for hydroxylation is 1. The minimum absolute atomic E-state index is 0.378. The summed E-state index contributed by atoms with van der Waals surface area (Å²) >= 11 is 3.55. The molecule has 1 aromatic carbocycles. The highest BCUT2D eigenvalue weighted by atomic mass is 79.9. The van der Waals surface area contributed by atoms with E-state index in [2.05, 4.69) is 53.9 Å². The Morgan fingerprint density at radius 3 is 2.53 bits per heavy atom. The summed E-state index contributed by atoms with van der Waals surface area (Å²) in [6, 6.07) is 8.06. The fourth-order valence-corrected chi connectivity index (χ4v) is 2.33. The van der Waals surface area contributed by atoms with Crippen LogP contribution in [0.25, 0.3) is 5.69 Å². The number of hydrogen-bond donors (Lipinski definition) is 1. The van der Waals surface area contributed by atoms with E-state index >= 15 is 0 Å². The first-order valence-corrected chi connectivity index (χ1v) is 6.40. The molecule has 1 aromatic heterocycles. The lowest BCUT2D eigenvalue weighted by molar-refractivity contribution is 0.770. The van der Waals surface area contributed by atoms with Crippen LogP contribution in [0.1, 0.15) is 31.0 Å². The molecule has 0 fully saturated rings. The molecule has 0 aliphatic rings. The van der Waals surface area contributed by atoms with Gasteiger partial charge in [-0.25, -0.2) is 4.68 Å². The predicted molar refractivity (Wildman–Crippen MR) is 74.5 cm³/mol. The van der Waals surface area contributed by atoms with Gasteiger partial charge in [0.25, 0.3) is 0 Å². The summed E-state index contributed by atoms with van der Waals surface area (Å²) < 4.78 is 2.78. The average molecular weight is 294 g/mol. The number of aromatic nitrogens is 2. The molecule has 0 spiro atoms. The smallest absolute Gasteiger partial charge is 0.127 e. The van der Waals surface area contributed by atoms with Crippen molar-refractivity contribution in [3.8, 4) is 5.69 Å². The number of nitrogens with zero attached hydrogens (tertiary/aromatic N) is 2. The summed E-state index contributed by atoms with van der Waals surface area (Å²) in [5.41, 5.74) is 9.18. The van der Waals surface area contributed by atoms with Crippen molar-refractivity contribution in [2.75, 3.05) is 5.73 Å². The second-order valence-electron chi connectivity index (χ2n) is 4.52. The summed E-state index contributed by atoms with van der Waals surface area (Å²) in [5, 5.41) is 4.53. The van der Waals surface area contributed by atoms with Gasteiger partial charge in [-0.3, -0.25) is 0 Å². The maximum Gasteiger partial charge on any atom is 0.127 e. The van der Waals surface area contributed by atoms with E-state index in [1.165, 1.54) is 5.56 Å².